The molecule has 0 saturated heterocycles. The molecule has 104 valence electrons. The van der Waals surface area contributed by atoms with Crippen molar-refractivity contribution < 1.29 is 4.79 Å². The molecule has 4 heteroatoms. The fourth-order valence-electron chi connectivity index (χ4n) is 1.94. The van der Waals surface area contributed by atoms with Crippen LogP contribution in [0.3, 0.4) is 0 Å². The lowest BCUT2D eigenvalue weighted by Crippen LogP contribution is -2.09. The van der Waals surface area contributed by atoms with E-state index in [1.54, 1.807) is 55.0 Å². The molecule has 21 heavy (non-hydrogen) atoms. The number of nitriles is 1. The first-order valence-electron chi connectivity index (χ1n) is 6.45. The standard InChI is InChI=1S/C17H15N3O/c1-20(2)12-16(14-6-8-19-9-7-14)17(21)15-5-3-4-13(10-15)11-18/h3-10,12H,1-2H3/b16-12+. The van der Waals surface area contributed by atoms with E-state index in [0.29, 0.717) is 16.7 Å². The average molecular weight is 277 g/mol. The zero-order chi connectivity index (χ0) is 15.2. The molecule has 1 heterocycles. The van der Waals surface area contributed by atoms with Crippen molar-refractivity contribution in [1.82, 2.24) is 9.88 Å². The van der Waals surface area contributed by atoms with Gasteiger partial charge in [-0.05, 0) is 29.8 Å². The number of hydrogen-bond donors (Lipinski definition) is 0. The molecule has 0 spiro atoms. The maximum atomic E-state index is 12.7. The quantitative estimate of drug-likeness (QED) is 0.637. The van der Waals surface area contributed by atoms with Crippen LogP contribution in [0, 0.1) is 11.3 Å². The summed E-state index contributed by atoms with van der Waals surface area (Å²) in [5.41, 5.74) is 2.34. The minimum Gasteiger partial charge on any atom is -0.383 e. The summed E-state index contributed by atoms with van der Waals surface area (Å²) in [5.74, 6) is -0.119. The Morgan fingerprint density at radius 2 is 1.90 bits per heavy atom. The van der Waals surface area contributed by atoms with E-state index in [2.05, 4.69) is 4.98 Å². The Kier molecular flexibility index (Phi) is 4.47. The number of Topliss-reactive ketones (excluding diaryl/α,β-unsaturated/α-hetero) is 1. The van der Waals surface area contributed by atoms with Crippen LogP contribution in [-0.4, -0.2) is 29.8 Å². The summed E-state index contributed by atoms with van der Waals surface area (Å²) in [6.07, 6.45) is 5.08. The summed E-state index contributed by atoms with van der Waals surface area (Å²) >= 11 is 0. The van der Waals surface area contributed by atoms with Gasteiger partial charge in [0.25, 0.3) is 0 Å². The maximum Gasteiger partial charge on any atom is 0.195 e. The topological polar surface area (TPSA) is 57.0 Å². The molecule has 0 atom stereocenters. The number of nitrogens with zero attached hydrogens (tertiary/aromatic N) is 3. The van der Waals surface area contributed by atoms with Gasteiger partial charge in [0.2, 0.25) is 0 Å². The predicted octanol–water partition coefficient (Wildman–Crippen LogP) is 2.74. The Morgan fingerprint density at radius 3 is 2.52 bits per heavy atom. The van der Waals surface area contributed by atoms with Crippen molar-refractivity contribution in [3.63, 3.8) is 0 Å². The third-order valence-electron chi connectivity index (χ3n) is 2.88. The average Bonchev–Trinajstić information content (AvgIpc) is 2.52. The smallest absolute Gasteiger partial charge is 0.195 e. The van der Waals surface area contributed by atoms with Gasteiger partial charge < -0.3 is 4.90 Å². The van der Waals surface area contributed by atoms with Crippen LogP contribution in [-0.2, 0) is 0 Å². The highest BCUT2D eigenvalue weighted by Crippen LogP contribution is 2.20. The van der Waals surface area contributed by atoms with Crippen LogP contribution in [0.1, 0.15) is 21.5 Å². The van der Waals surface area contributed by atoms with Gasteiger partial charge in [-0.15, -0.1) is 0 Å². The van der Waals surface area contributed by atoms with E-state index in [0.717, 1.165) is 5.56 Å². The van der Waals surface area contributed by atoms with E-state index in [1.807, 2.05) is 25.1 Å². The fraction of sp³-hybridized carbons (Fsp3) is 0.118. The molecule has 0 radical (unpaired) electrons. The molecular formula is C17H15N3O. The summed E-state index contributed by atoms with van der Waals surface area (Å²) in [6, 6.07) is 12.3. The maximum absolute atomic E-state index is 12.7. The van der Waals surface area contributed by atoms with Gasteiger partial charge in [0.05, 0.1) is 11.6 Å². The largest absolute Gasteiger partial charge is 0.383 e. The van der Waals surface area contributed by atoms with Crippen molar-refractivity contribution in [1.29, 1.82) is 5.26 Å². The molecule has 0 aliphatic carbocycles. The van der Waals surface area contributed by atoms with Crippen LogP contribution in [0.5, 0.6) is 0 Å². The lowest BCUT2D eigenvalue weighted by Gasteiger charge is -2.12. The molecule has 4 nitrogen and oxygen atoms in total. The third-order valence-corrected chi connectivity index (χ3v) is 2.88. The van der Waals surface area contributed by atoms with Crippen molar-refractivity contribution >= 4 is 11.4 Å². The van der Waals surface area contributed by atoms with Gasteiger partial charge in [-0.25, -0.2) is 0 Å². The van der Waals surface area contributed by atoms with Crippen LogP contribution >= 0.6 is 0 Å². The highest BCUT2D eigenvalue weighted by atomic mass is 16.1. The number of pyridine rings is 1. The number of hydrogen-bond acceptors (Lipinski definition) is 4. The Morgan fingerprint density at radius 1 is 1.19 bits per heavy atom. The summed E-state index contributed by atoms with van der Waals surface area (Å²) in [5, 5.41) is 8.95. The minimum atomic E-state index is -0.119. The summed E-state index contributed by atoms with van der Waals surface area (Å²) in [7, 11) is 3.72. The Hall–Kier alpha value is -2.93. The normalized spacial score (nSPS) is 10.8. The van der Waals surface area contributed by atoms with Crippen molar-refractivity contribution in [3.05, 3.63) is 71.7 Å². The molecule has 0 N–H and O–H groups in total. The lowest BCUT2D eigenvalue weighted by molar-refractivity contribution is 0.105. The van der Waals surface area contributed by atoms with Crippen molar-refractivity contribution in [2.75, 3.05) is 14.1 Å². The van der Waals surface area contributed by atoms with E-state index in [1.165, 1.54) is 0 Å². The van der Waals surface area contributed by atoms with E-state index >= 15 is 0 Å². The number of carbonyl (C=O) groups is 1. The second kappa shape index (κ2) is 6.49. The van der Waals surface area contributed by atoms with Crippen molar-refractivity contribution in [3.8, 4) is 6.07 Å². The molecule has 2 rings (SSSR count). The molecule has 0 fully saturated rings. The van der Waals surface area contributed by atoms with Gasteiger partial charge in [0, 0.05) is 43.8 Å². The second-order valence-electron chi connectivity index (χ2n) is 4.76. The molecule has 0 unspecified atom stereocenters. The second-order valence-corrected chi connectivity index (χ2v) is 4.76. The first kappa shape index (κ1) is 14.5. The molecule has 1 aromatic heterocycles. The van der Waals surface area contributed by atoms with Crippen molar-refractivity contribution in [2.24, 2.45) is 0 Å². The first-order valence-corrected chi connectivity index (χ1v) is 6.45. The molecular weight excluding hydrogens is 262 g/mol. The highest BCUT2D eigenvalue weighted by molar-refractivity contribution is 6.28. The monoisotopic (exact) mass is 277 g/mol. The Bertz CT molecular complexity index is 712. The van der Waals surface area contributed by atoms with E-state index in [9.17, 15) is 4.79 Å². The first-order chi connectivity index (χ1) is 10.1. The Balaban J connectivity index is 2.47. The lowest BCUT2D eigenvalue weighted by atomic mass is 9.97. The van der Waals surface area contributed by atoms with Gasteiger partial charge in [-0.2, -0.15) is 5.26 Å². The Labute approximate surface area is 124 Å². The van der Waals surface area contributed by atoms with Gasteiger partial charge in [-0.1, -0.05) is 12.1 Å². The number of benzene rings is 1. The summed E-state index contributed by atoms with van der Waals surface area (Å²) in [6.45, 7) is 0. The zero-order valence-corrected chi connectivity index (χ0v) is 11.9. The number of allylic oxidation sites excluding steroid dienone is 1. The molecule has 0 aliphatic rings. The van der Waals surface area contributed by atoms with Crippen LogP contribution in [0.25, 0.3) is 5.57 Å². The van der Waals surface area contributed by atoms with E-state index < -0.39 is 0 Å². The summed E-state index contributed by atoms with van der Waals surface area (Å²) in [4.78, 5) is 18.5. The SMILES string of the molecule is CN(C)/C=C(/C(=O)c1cccc(C#N)c1)c1ccncc1. The number of aromatic nitrogens is 1. The van der Waals surface area contributed by atoms with Gasteiger partial charge in [0.15, 0.2) is 5.78 Å². The number of ketones is 1. The summed E-state index contributed by atoms with van der Waals surface area (Å²) < 4.78 is 0. The molecule has 0 aliphatic heterocycles. The highest BCUT2D eigenvalue weighted by Gasteiger charge is 2.15. The molecule has 0 bridgehead atoms. The molecule has 0 saturated carbocycles. The minimum absolute atomic E-state index is 0.119. The van der Waals surface area contributed by atoms with Gasteiger partial charge in [-0.3, -0.25) is 9.78 Å². The molecule has 0 amide bonds. The third kappa shape index (κ3) is 3.54. The van der Waals surface area contributed by atoms with E-state index in [-0.39, 0.29) is 5.78 Å². The van der Waals surface area contributed by atoms with Crippen LogP contribution < -0.4 is 0 Å². The number of carbonyl (C=O) groups excluding carboxylic acids is 1. The van der Waals surface area contributed by atoms with Crippen LogP contribution in [0.4, 0.5) is 0 Å². The molecule has 2 aromatic rings. The fourth-order valence-corrected chi connectivity index (χ4v) is 1.94. The van der Waals surface area contributed by atoms with Gasteiger partial charge >= 0.3 is 0 Å². The zero-order valence-electron chi connectivity index (χ0n) is 11.9. The molecule has 1 aromatic carbocycles. The van der Waals surface area contributed by atoms with E-state index in [4.69, 9.17) is 5.26 Å². The van der Waals surface area contributed by atoms with Crippen molar-refractivity contribution in [2.45, 2.75) is 0 Å². The number of rotatable bonds is 4. The van der Waals surface area contributed by atoms with Crippen LogP contribution in [0.2, 0.25) is 0 Å². The predicted molar refractivity (Wildman–Crippen MR) is 81.4 cm³/mol. The van der Waals surface area contributed by atoms with Gasteiger partial charge in [0.1, 0.15) is 0 Å². The van der Waals surface area contributed by atoms with Crippen LogP contribution in [0.15, 0.2) is 55.0 Å².